The highest BCUT2D eigenvalue weighted by molar-refractivity contribution is 5.26. The molecule has 32 heavy (non-hydrogen) atoms. The average Bonchev–Trinajstić information content (AvgIpc) is 2.69. The van der Waals surface area contributed by atoms with Crippen LogP contribution in [0.25, 0.3) is 0 Å². The Kier molecular flexibility index (Phi) is 11.9. The molecule has 3 heteroatoms. The Morgan fingerprint density at radius 2 is 1.19 bits per heavy atom. The number of benzene rings is 1. The molecule has 1 aromatic rings. The first kappa shape index (κ1) is 28.1. The smallest absolute Gasteiger partial charge is 0.275 e. The van der Waals surface area contributed by atoms with Crippen LogP contribution >= 0.6 is 0 Å². The third-order valence-corrected chi connectivity index (χ3v) is 5.43. The molecule has 0 aliphatic carbocycles. The molecule has 0 saturated carbocycles. The summed E-state index contributed by atoms with van der Waals surface area (Å²) in [6, 6.07) is 9.91. The van der Waals surface area contributed by atoms with Gasteiger partial charge in [0, 0.05) is 6.92 Å². The van der Waals surface area contributed by atoms with Gasteiger partial charge in [-0.15, -0.1) is 0 Å². The van der Waals surface area contributed by atoms with Gasteiger partial charge >= 0.3 is 0 Å². The molecule has 0 amide bonds. The van der Waals surface area contributed by atoms with Gasteiger partial charge in [-0.25, -0.2) is 0 Å². The van der Waals surface area contributed by atoms with Gasteiger partial charge in [0.2, 0.25) is 0 Å². The molecule has 0 unspecified atom stereocenters. The van der Waals surface area contributed by atoms with Crippen molar-refractivity contribution in [3.63, 3.8) is 0 Å². The summed E-state index contributed by atoms with van der Waals surface area (Å²) >= 11 is 0. The van der Waals surface area contributed by atoms with Gasteiger partial charge in [-0.2, -0.15) is 0 Å². The molecule has 0 saturated heterocycles. The Balaban J connectivity index is 3.23. The number of rotatable bonds is 13. The molecule has 178 valence electrons. The minimum Gasteiger partial charge on any atom is -0.344 e. The number of hydrogen-bond acceptors (Lipinski definition) is 3. The molecule has 0 bridgehead atoms. The second kappa shape index (κ2) is 13.6. The summed E-state index contributed by atoms with van der Waals surface area (Å²) < 4.78 is 6.00. The first-order valence-electron chi connectivity index (χ1n) is 11.7. The van der Waals surface area contributed by atoms with E-state index in [1.54, 1.807) is 0 Å². The molecular formula is C29H44O3. The lowest BCUT2D eigenvalue weighted by molar-refractivity contribution is -0.368. The van der Waals surface area contributed by atoms with Gasteiger partial charge < -0.3 is 14.9 Å². The fraction of sp³-hybridized carbons (Fsp3) is 0.517. The van der Waals surface area contributed by atoms with Crippen molar-refractivity contribution in [2.75, 3.05) is 0 Å². The molecule has 0 aromatic heterocycles. The van der Waals surface area contributed by atoms with Crippen molar-refractivity contribution >= 4 is 0 Å². The van der Waals surface area contributed by atoms with Crippen LogP contribution in [0.15, 0.2) is 76.9 Å². The molecule has 1 aromatic carbocycles. The van der Waals surface area contributed by atoms with Crippen LogP contribution in [-0.4, -0.2) is 16.2 Å². The lowest BCUT2D eigenvalue weighted by Gasteiger charge is -2.37. The normalized spacial score (nSPS) is 14.7. The molecule has 1 rings (SSSR count). The van der Waals surface area contributed by atoms with Gasteiger partial charge in [-0.1, -0.05) is 76.9 Å². The van der Waals surface area contributed by atoms with Crippen LogP contribution in [0.3, 0.4) is 0 Å². The largest absolute Gasteiger partial charge is 0.344 e. The predicted molar refractivity (Wildman–Crippen MR) is 136 cm³/mol. The zero-order valence-corrected chi connectivity index (χ0v) is 21.2. The van der Waals surface area contributed by atoms with E-state index in [0.717, 1.165) is 31.2 Å². The standard InChI is InChI=1S/C29H44O3/c1-23(2)13-11-15-25(5)19-21-29(32-28(7,30)31,27-17-9-8-10-18-27)22-20-26(6)16-12-14-24(3)4/h8-10,13-14,17-20,30-31H,11-12,15-16,21-22H2,1-7H3/b25-19+,26-20+. The fourth-order valence-corrected chi connectivity index (χ4v) is 3.63. The van der Waals surface area contributed by atoms with Gasteiger partial charge in [-0.05, 0) is 85.6 Å². The van der Waals surface area contributed by atoms with E-state index < -0.39 is 11.6 Å². The van der Waals surface area contributed by atoms with E-state index in [9.17, 15) is 10.2 Å². The van der Waals surface area contributed by atoms with Crippen LogP contribution in [-0.2, 0) is 10.3 Å². The van der Waals surface area contributed by atoms with E-state index in [-0.39, 0.29) is 0 Å². The molecule has 0 spiro atoms. The van der Waals surface area contributed by atoms with E-state index in [1.165, 1.54) is 29.2 Å². The van der Waals surface area contributed by atoms with Crippen molar-refractivity contribution in [2.24, 2.45) is 0 Å². The molecule has 0 fully saturated rings. The summed E-state index contributed by atoms with van der Waals surface area (Å²) in [6.07, 6.45) is 13.9. The first-order chi connectivity index (χ1) is 14.9. The van der Waals surface area contributed by atoms with Crippen LogP contribution in [0.4, 0.5) is 0 Å². The highest BCUT2D eigenvalue weighted by Gasteiger charge is 2.37. The first-order valence-corrected chi connectivity index (χ1v) is 11.7. The Morgan fingerprint density at radius 1 is 0.750 bits per heavy atom. The number of aliphatic hydroxyl groups is 2. The van der Waals surface area contributed by atoms with Crippen molar-refractivity contribution in [3.05, 3.63) is 82.5 Å². The summed E-state index contributed by atoms with van der Waals surface area (Å²) in [6.45, 7) is 14.0. The van der Waals surface area contributed by atoms with Crippen LogP contribution in [0.1, 0.15) is 92.6 Å². The van der Waals surface area contributed by atoms with Crippen LogP contribution in [0, 0.1) is 0 Å². The molecule has 2 N–H and O–H groups in total. The summed E-state index contributed by atoms with van der Waals surface area (Å²) in [5.74, 6) is -2.23. The van der Waals surface area contributed by atoms with E-state index in [1.807, 2.05) is 30.3 Å². The zero-order chi connectivity index (χ0) is 24.2. The molecule has 0 radical (unpaired) electrons. The summed E-state index contributed by atoms with van der Waals surface area (Å²) in [4.78, 5) is 0. The number of hydrogen-bond donors (Lipinski definition) is 2. The van der Waals surface area contributed by atoms with E-state index in [2.05, 4.69) is 65.8 Å². The van der Waals surface area contributed by atoms with Crippen molar-refractivity contribution < 1.29 is 14.9 Å². The minimum atomic E-state index is -2.23. The van der Waals surface area contributed by atoms with Crippen LogP contribution < -0.4 is 0 Å². The maximum absolute atomic E-state index is 10.2. The van der Waals surface area contributed by atoms with Crippen LogP contribution in [0.5, 0.6) is 0 Å². The van der Waals surface area contributed by atoms with Crippen molar-refractivity contribution in [1.29, 1.82) is 0 Å². The Morgan fingerprint density at radius 3 is 1.56 bits per heavy atom. The monoisotopic (exact) mass is 440 g/mol. The molecular weight excluding hydrogens is 396 g/mol. The van der Waals surface area contributed by atoms with E-state index in [0.29, 0.717) is 12.8 Å². The predicted octanol–water partition coefficient (Wildman–Crippen LogP) is 7.72. The second-order valence-corrected chi connectivity index (χ2v) is 9.55. The van der Waals surface area contributed by atoms with Crippen molar-refractivity contribution in [3.8, 4) is 0 Å². The maximum atomic E-state index is 10.2. The fourth-order valence-electron chi connectivity index (χ4n) is 3.63. The van der Waals surface area contributed by atoms with Gasteiger partial charge in [0.15, 0.2) is 0 Å². The zero-order valence-electron chi connectivity index (χ0n) is 21.2. The van der Waals surface area contributed by atoms with Gasteiger partial charge in [0.05, 0.1) is 0 Å². The third kappa shape index (κ3) is 11.6. The van der Waals surface area contributed by atoms with Gasteiger partial charge in [0.1, 0.15) is 5.60 Å². The topological polar surface area (TPSA) is 49.7 Å². The van der Waals surface area contributed by atoms with E-state index >= 15 is 0 Å². The maximum Gasteiger partial charge on any atom is 0.275 e. The van der Waals surface area contributed by atoms with E-state index in [4.69, 9.17) is 4.74 Å². The number of allylic oxidation sites excluding steroid dienone is 6. The molecule has 0 atom stereocenters. The summed E-state index contributed by atoms with van der Waals surface area (Å²) in [5, 5.41) is 20.5. The Labute approximate surface area is 196 Å². The SMILES string of the molecule is CC(C)=CCC/C(C)=C/CC(C/C=C(\C)CCC=C(C)C)(OC(C)(O)O)c1ccccc1. The van der Waals surface area contributed by atoms with Crippen LogP contribution in [0.2, 0.25) is 0 Å². The summed E-state index contributed by atoms with van der Waals surface area (Å²) in [5.41, 5.74) is 5.27. The Bertz CT molecular complexity index is 757. The van der Waals surface area contributed by atoms with Crippen molar-refractivity contribution in [1.82, 2.24) is 0 Å². The average molecular weight is 441 g/mol. The highest BCUT2D eigenvalue weighted by atomic mass is 16.8. The molecule has 0 aliphatic heterocycles. The lowest BCUT2D eigenvalue weighted by Crippen LogP contribution is -2.40. The Hall–Kier alpha value is -1.94. The van der Waals surface area contributed by atoms with Crippen molar-refractivity contribution in [2.45, 2.75) is 98.6 Å². The lowest BCUT2D eigenvalue weighted by atomic mass is 9.85. The minimum absolute atomic E-state index is 0.562. The van der Waals surface area contributed by atoms with Gasteiger partial charge in [-0.3, -0.25) is 0 Å². The molecule has 0 aliphatic rings. The molecule has 0 heterocycles. The molecule has 3 nitrogen and oxygen atoms in total. The number of ether oxygens (including phenoxy) is 1. The highest BCUT2D eigenvalue weighted by Crippen LogP contribution is 2.38. The van der Waals surface area contributed by atoms with Gasteiger partial charge in [0.25, 0.3) is 5.97 Å². The second-order valence-electron chi connectivity index (χ2n) is 9.55. The third-order valence-electron chi connectivity index (χ3n) is 5.43. The quantitative estimate of drug-likeness (QED) is 0.244. The summed E-state index contributed by atoms with van der Waals surface area (Å²) in [7, 11) is 0.